The highest BCUT2D eigenvalue weighted by Gasteiger charge is 2.64. The lowest BCUT2D eigenvalue weighted by molar-refractivity contribution is -0.391. The molecule has 0 aliphatic carbocycles. The standard InChI is InChI=1S/C73H121N5O55/c1-17(89)74-34-45(103)54(125-69-52(110)61(42(100)26(10-83)119-69)131-67-49(107)48(106)39(97)23(7-80)117-67)28(12-85)122-64(34)115-16-31-44(102)57(37(63(112)116-31)77-20(4)92)128-70-51(109)60(41(99)25(9-82)120-70)130-66-35(75-18(2)90)46(104)55(29(13-86)123-66)126-68-50(108)59(40(98)24(8-81)118-68)129-65-36(76-19(3)91)47(105)56(30(14-87)124-65)127-71-53(111)62(43(101)27(11-84)121-71)133-73(72(113)114)5-21(93)33(78-32(95)15-88)58(132-73)38(96)22(94)6-79/h21-31,33-71,79-88,93-94,96-112H,5-16H2,1-4H3,(H,74,89)(H,75,90)(H,76,91)(H,77,92)(H,78,95)(H,113,114)/t21-,22+,23+,24+,25+,26+,27+,28+,29+,30+,31+,33+,34+,35+,36+,37+,38+,39-,40-,41-,42-,43-,44-,45+,46+,47+,48-,49+,50+,51+,52+,53+,54+,55+,56+,57+,58+,59-,60-,61-,62-,63?,64+,65-,66-,67?,68-,69?,70-,71?,73-/m0/s1. The fraction of sp³-hybridized carbons (Fsp3) is 0.918. The lowest BCUT2D eigenvalue weighted by Crippen LogP contribution is -2.71. The molecule has 10 fully saturated rings. The number of hydrogen-bond acceptors (Lipinski definition) is 54. The molecule has 10 heterocycles. The van der Waals surface area contributed by atoms with Crippen LogP contribution in [-0.2, 0) is 119 Å². The van der Waals surface area contributed by atoms with Crippen molar-refractivity contribution in [1.29, 1.82) is 0 Å². The molecule has 0 aromatic rings. The highest BCUT2D eigenvalue weighted by molar-refractivity contribution is 5.78. The van der Waals surface area contributed by atoms with Crippen LogP contribution in [-0.4, -0.2) is 574 Å². The average molecular weight is 1950 g/mol. The van der Waals surface area contributed by atoms with Gasteiger partial charge in [-0.15, -0.1) is 0 Å². The van der Waals surface area contributed by atoms with Crippen LogP contribution in [0.4, 0.5) is 0 Å². The molecule has 0 spiro atoms. The van der Waals surface area contributed by atoms with Gasteiger partial charge in [0, 0.05) is 34.1 Å². The molecular weight excluding hydrogens is 1830 g/mol. The number of nitrogens with one attached hydrogen (secondary N) is 5. The van der Waals surface area contributed by atoms with Crippen molar-refractivity contribution in [2.45, 2.75) is 346 Å². The van der Waals surface area contributed by atoms with E-state index in [0.717, 1.165) is 27.7 Å². The van der Waals surface area contributed by atoms with Gasteiger partial charge in [0.15, 0.2) is 56.6 Å². The largest absolute Gasteiger partial charge is 0.477 e. The van der Waals surface area contributed by atoms with Crippen molar-refractivity contribution in [3.05, 3.63) is 0 Å². The fourth-order valence-corrected chi connectivity index (χ4v) is 17.1. The molecule has 10 aliphatic rings. The molecule has 133 heavy (non-hydrogen) atoms. The Bertz CT molecular complexity index is 3700. The van der Waals surface area contributed by atoms with Crippen LogP contribution in [0, 0.1) is 0 Å². The molecule has 10 rings (SSSR count). The Balaban J connectivity index is 0.825. The second-order valence-corrected chi connectivity index (χ2v) is 33.2. The van der Waals surface area contributed by atoms with E-state index in [9.17, 15) is 182 Å². The zero-order valence-electron chi connectivity index (χ0n) is 71.0. The summed E-state index contributed by atoms with van der Waals surface area (Å²) in [5.41, 5.74) is 0. The molecule has 768 valence electrons. The first-order chi connectivity index (χ1) is 62.8. The van der Waals surface area contributed by atoms with Crippen molar-refractivity contribution in [2.24, 2.45) is 0 Å². The van der Waals surface area contributed by atoms with Crippen molar-refractivity contribution in [2.75, 3.05) is 72.7 Å². The van der Waals surface area contributed by atoms with Crippen LogP contribution >= 0.6 is 0 Å². The molecule has 60 heteroatoms. The maximum atomic E-state index is 13.2. The number of aliphatic carboxylic acids is 1. The third kappa shape index (κ3) is 24.4. The minimum atomic E-state index is -3.34. The molecule has 0 saturated carbocycles. The summed E-state index contributed by atoms with van der Waals surface area (Å²) < 4.78 is 111. The molecule has 10 aliphatic heterocycles. The van der Waals surface area contributed by atoms with Crippen molar-refractivity contribution in [3.63, 3.8) is 0 Å². The van der Waals surface area contributed by atoms with E-state index in [-0.39, 0.29) is 0 Å². The number of carboxylic acids is 1. The third-order valence-corrected chi connectivity index (χ3v) is 23.9. The number of rotatable bonds is 37. The Morgan fingerprint density at radius 1 is 0.323 bits per heavy atom. The molecule has 0 radical (unpaired) electrons. The molecule has 0 bridgehead atoms. The van der Waals surface area contributed by atoms with Gasteiger partial charge in [0.2, 0.25) is 29.5 Å². The van der Waals surface area contributed by atoms with E-state index < -0.39 is 427 Å². The smallest absolute Gasteiger partial charge is 0.364 e. The van der Waals surface area contributed by atoms with Gasteiger partial charge in [-0.2, -0.15) is 0 Å². The summed E-state index contributed by atoms with van der Waals surface area (Å²) in [7, 11) is 0. The van der Waals surface area contributed by atoms with Gasteiger partial charge in [0.1, 0.15) is 244 Å². The van der Waals surface area contributed by atoms with Gasteiger partial charge in [-0.05, 0) is 0 Å². The van der Waals surface area contributed by atoms with E-state index >= 15 is 0 Å². The maximum absolute atomic E-state index is 13.2. The highest BCUT2D eigenvalue weighted by Crippen LogP contribution is 2.43. The first kappa shape index (κ1) is 110. The average Bonchev–Trinajstić information content (AvgIpc) is 0.745. The number of carboxylic acid groups (broad SMARTS) is 1. The van der Waals surface area contributed by atoms with E-state index in [1.54, 1.807) is 0 Å². The van der Waals surface area contributed by atoms with Crippen molar-refractivity contribution >= 4 is 35.5 Å². The molecule has 0 aromatic carbocycles. The van der Waals surface area contributed by atoms with Gasteiger partial charge in [-0.25, -0.2) is 4.79 Å². The van der Waals surface area contributed by atoms with Crippen LogP contribution < -0.4 is 26.6 Å². The van der Waals surface area contributed by atoms with Gasteiger partial charge in [0.25, 0.3) is 5.79 Å². The van der Waals surface area contributed by atoms with Gasteiger partial charge in [-0.1, -0.05) is 0 Å². The normalized spacial score (nSPS) is 47.0. The van der Waals surface area contributed by atoms with Crippen molar-refractivity contribution < 1.29 is 272 Å². The Labute approximate surface area is 751 Å². The molecule has 4 unspecified atom stereocenters. The third-order valence-electron chi connectivity index (χ3n) is 23.9. The van der Waals surface area contributed by atoms with Crippen molar-refractivity contribution in [3.8, 4) is 0 Å². The SMILES string of the molecule is CC(=O)N[C@H]1[C@H](OC[C@H]2OC(O)[C@H](NC(C)=O)[C@@H](O[C@@H]3O[C@H](CO)[C@H](O)[C@H](O[C@@H]4O[C@H](CO)[C@@H](O[C@@H]5O[C@H](CO)[C@H](O)[C@H](O[C@@H]6O[C@H](CO)[C@@H](OC7O[C@H](CO)[C@H](O)[C@H](O[C@]8(C(=O)O)C[C@H](O)[C@@H](NC(=O)CO)[C@H]([C@H](O)[C@H](O)CO)O8)[C@H]7O)[C@H](O)[C@H]6NC(C)=O)[C@H]5O)[C@H](O)[C@H]4NC(C)=O)[C@H]3O)[C@H]2O)O[C@H](CO)[C@@H](OC2O[C@H](CO)[C@H](O)[C@H](OC3O[C@H](CO)[C@H](O)[C@H](O)[C@H]3O)[C@H]2O)[C@@H]1O. The molecule has 60 nitrogen and oxygen atoms in total. The summed E-state index contributed by atoms with van der Waals surface area (Å²) in [4.78, 5) is 77.2. The van der Waals surface area contributed by atoms with Gasteiger partial charge in [-0.3, -0.25) is 24.0 Å². The molecule has 5 amide bonds. The molecule has 51 atom stereocenters. The lowest BCUT2D eigenvalue weighted by Gasteiger charge is -2.51. The summed E-state index contributed by atoms with van der Waals surface area (Å²) >= 11 is 0. The fourth-order valence-electron chi connectivity index (χ4n) is 17.1. The Kier molecular flexibility index (Phi) is 39.6. The van der Waals surface area contributed by atoms with Crippen LogP contribution in [0.15, 0.2) is 0 Å². The number of aliphatic hydroxyl groups excluding tert-OH is 29. The van der Waals surface area contributed by atoms with Crippen molar-refractivity contribution in [1.82, 2.24) is 26.6 Å². The number of ether oxygens (including phenoxy) is 19. The zero-order chi connectivity index (χ0) is 98.3. The topological polar surface area (TPSA) is 945 Å². The molecule has 35 N–H and O–H groups in total. The molecule has 0 aromatic heterocycles. The van der Waals surface area contributed by atoms with Gasteiger partial charge >= 0.3 is 5.97 Å². The first-order valence-corrected chi connectivity index (χ1v) is 41.9. The molecular formula is C73H121N5O55. The van der Waals surface area contributed by atoms with E-state index in [1.807, 2.05) is 0 Å². The summed E-state index contributed by atoms with van der Waals surface area (Å²) in [5, 5.41) is 343. The summed E-state index contributed by atoms with van der Waals surface area (Å²) in [6, 6.07) is -9.65. The van der Waals surface area contributed by atoms with Crippen LogP contribution in [0.3, 0.4) is 0 Å². The highest BCUT2D eigenvalue weighted by atomic mass is 16.8. The summed E-state index contributed by atoms with van der Waals surface area (Å²) in [6.07, 6.45) is -97.2. The minimum Gasteiger partial charge on any atom is -0.477 e. The van der Waals surface area contributed by atoms with Crippen LogP contribution in [0.25, 0.3) is 0 Å². The van der Waals surface area contributed by atoms with Gasteiger partial charge in [0.05, 0.1) is 78.2 Å². The zero-order valence-corrected chi connectivity index (χ0v) is 71.0. The first-order valence-electron chi connectivity index (χ1n) is 41.9. The Morgan fingerprint density at radius 3 is 0.992 bits per heavy atom. The monoisotopic (exact) mass is 1950 g/mol. The quantitative estimate of drug-likeness (QED) is 0.0275. The number of carbonyl (C=O) groups excluding carboxylic acids is 5. The Hall–Kier alpha value is -5.10. The van der Waals surface area contributed by atoms with Crippen LogP contribution in [0.2, 0.25) is 0 Å². The minimum absolute atomic E-state index is 0.887. The van der Waals surface area contributed by atoms with Crippen LogP contribution in [0.1, 0.15) is 34.1 Å². The number of aliphatic hydroxyl groups is 29. The van der Waals surface area contributed by atoms with E-state index in [1.165, 1.54) is 0 Å². The van der Waals surface area contributed by atoms with Gasteiger partial charge < -0.3 is 270 Å². The van der Waals surface area contributed by atoms with E-state index in [4.69, 9.17) is 90.0 Å². The predicted octanol–water partition coefficient (Wildman–Crippen LogP) is -23.9. The summed E-state index contributed by atoms with van der Waals surface area (Å²) in [6.45, 7) is -8.94. The number of carbonyl (C=O) groups is 6. The second kappa shape index (κ2) is 47.9. The Morgan fingerprint density at radius 2 is 0.632 bits per heavy atom. The second-order valence-electron chi connectivity index (χ2n) is 33.2. The maximum Gasteiger partial charge on any atom is 0.364 e. The van der Waals surface area contributed by atoms with E-state index in [0.29, 0.717) is 0 Å². The molecule has 10 saturated heterocycles. The lowest BCUT2D eigenvalue weighted by atomic mass is 9.88. The summed E-state index contributed by atoms with van der Waals surface area (Å²) in [5.74, 6) is -10.6. The van der Waals surface area contributed by atoms with E-state index in [2.05, 4.69) is 26.6 Å². The number of hydrogen-bond donors (Lipinski definition) is 35. The number of amides is 5. The van der Waals surface area contributed by atoms with Crippen LogP contribution in [0.5, 0.6) is 0 Å². The predicted molar refractivity (Wildman–Crippen MR) is 406 cm³/mol.